The predicted molar refractivity (Wildman–Crippen MR) is 103 cm³/mol. The smallest absolute Gasteiger partial charge is 0.409 e. The summed E-state index contributed by atoms with van der Waals surface area (Å²) in [5.74, 6) is -0.639. The number of piperidine rings is 2. The molecule has 1 aromatic rings. The maximum absolute atomic E-state index is 14.2. The third kappa shape index (κ3) is 4.93. The summed E-state index contributed by atoms with van der Waals surface area (Å²) in [6.07, 6.45) is 3.37. The van der Waals surface area contributed by atoms with Crippen LogP contribution in [0.15, 0.2) is 12.1 Å². The number of halogens is 2. The fraction of sp³-hybridized carbons (Fsp3) is 0.667. The molecule has 2 saturated heterocycles. The van der Waals surface area contributed by atoms with E-state index < -0.39 is 11.6 Å². The van der Waals surface area contributed by atoms with Crippen molar-refractivity contribution in [1.82, 2.24) is 9.80 Å². The molecular formula is C21H30F2N2O3. The molecule has 28 heavy (non-hydrogen) atoms. The van der Waals surface area contributed by atoms with Gasteiger partial charge < -0.3 is 19.3 Å². The molecule has 0 bridgehead atoms. The number of likely N-dealkylation sites (tertiary alicyclic amines) is 2. The van der Waals surface area contributed by atoms with Gasteiger partial charge in [-0.25, -0.2) is 13.6 Å². The van der Waals surface area contributed by atoms with Crippen LogP contribution in [0.1, 0.15) is 44.1 Å². The van der Waals surface area contributed by atoms with Crippen molar-refractivity contribution in [2.75, 3.05) is 46.4 Å². The fourth-order valence-corrected chi connectivity index (χ4v) is 4.30. The zero-order chi connectivity index (χ0) is 20.1. The van der Waals surface area contributed by atoms with Crippen molar-refractivity contribution in [3.63, 3.8) is 0 Å². The number of ether oxygens (including phenoxy) is 2. The summed E-state index contributed by atoms with van der Waals surface area (Å²) in [6, 6.07) is 2.72. The van der Waals surface area contributed by atoms with E-state index in [1.165, 1.54) is 7.11 Å². The molecule has 156 valence electrons. The van der Waals surface area contributed by atoms with E-state index in [2.05, 4.69) is 4.90 Å². The lowest BCUT2D eigenvalue weighted by atomic mass is 9.87. The number of benzene rings is 1. The summed E-state index contributed by atoms with van der Waals surface area (Å²) >= 11 is 0. The van der Waals surface area contributed by atoms with E-state index in [1.54, 1.807) is 11.0 Å². The maximum atomic E-state index is 14.2. The first kappa shape index (κ1) is 20.8. The van der Waals surface area contributed by atoms with Crippen LogP contribution >= 0.6 is 0 Å². The van der Waals surface area contributed by atoms with E-state index in [9.17, 15) is 13.6 Å². The molecule has 1 aromatic carbocycles. The Hall–Kier alpha value is -1.89. The van der Waals surface area contributed by atoms with E-state index in [4.69, 9.17) is 9.47 Å². The number of hydrogen-bond donors (Lipinski definition) is 0. The van der Waals surface area contributed by atoms with Crippen LogP contribution in [-0.4, -0.2) is 62.3 Å². The number of carbonyl (C=O) groups is 1. The zero-order valence-electron chi connectivity index (χ0n) is 16.8. The second-order valence-corrected chi connectivity index (χ2v) is 7.72. The van der Waals surface area contributed by atoms with Crippen molar-refractivity contribution < 1.29 is 23.0 Å². The molecule has 5 nitrogen and oxygen atoms in total. The van der Waals surface area contributed by atoms with E-state index in [1.807, 2.05) is 6.92 Å². The minimum absolute atomic E-state index is 0.0199. The first-order valence-corrected chi connectivity index (χ1v) is 10.2. The molecule has 0 aliphatic carbocycles. The van der Waals surface area contributed by atoms with Gasteiger partial charge in [0.15, 0.2) is 11.6 Å². The highest BCUT2D eigenvalue weighted by atomic mass is 19.2. The lowest BCUT2D eigenvalue weighted by Crippen LogP contribution is -2.43. The second-order valence-electron chi connectivity index (χ2n) is 7.72. The Kier molecular flexibility index (Phi) is 7.10. The van der Waals surface area contributed by atoms with Crippen molar-refractivity contribution in [2.45, 2.75) is 38.5 Å². The molecule has 2 aliphatic rings. The van der Waals surface area contributed by atoms with Crippen molar-refractivity contribution >= 4 is 6.09 Å². The highest BCUT2D eigenvalue weighted by Gasteiger charge is 2.28. The van der Waals surface area contributed by atoms with Gasteiger partial charge in [-0.1, -0.05) is 0 Å². The predicted octanol–water partition coefficient (Wildman–Crippen LogP) is 4.02. The molecule has 1 amide bonds. The average Bonchev–Trinajstić information content (AvgIpc) is 2.71. The lowest BCUT2D eigenvalue weighted by molar-refractivity contribution is 0.0830. The number of carbonyl (C=O) groups excluding carboxylic acids is 1. The van der Waals surface area contributed by atoms with E-state index >= 15 is 0 Å². The van der Waals surface area contributed by atoms with Crippen LogP contribution in [-0.2, 0) is 4.74 Å². The summed E-state index contributed by atoms with van der Waals surface area (Å²) in [5.41, 5.74) is 0.430. The Balaban J connectivity index is 1.48. The molecule has 2 heterocycles. The van der Waals surface area contributed by atoms with Gasteiger partial charge in [-0.15, -0.1) is 0 Å². The summed E-state index contributed by atoms with van der Waals surface area (Å²) in [7, 11) is 1.46. The van der Waals surface area contributed by atoms with E-state index in [0.29, 0.717) is 23.8 Å². The van der Waals surface area contributed by atoms with Gasteiger partial charge >= 0.3 is 6.09 Å². The standard InChI is InChI=1S/C21H30F2N2O3/c1-3-28-21(26)25-10-4-15(5-11-25)14-24-8-6-16(7-9-24)18-12-17(27-2)13-19(22)20(18)23/h12-13,15-16H,3-11,14H2,1-2H3. The minimum atomic E-state index is -0.842. The average molecular weight is 396 g/mol. The molecule has 0 radical (unpaired) electrons. The van der Waals surface area contributed by atoms with Gasteiger partial charge in [-0.05, 0) is 69.2 Å². The maximum Gasteiger partial charge on any atom is 0.409 e. The Bertz CT molecular complexity index is 670. The second kappa shape index (κ2) is 9.54. The topological polar surface area (TPSA) is 42.0 Å². The summed E-state index contributed by atoms with van der Waals surface area (Å²) in [4.78, 5) is 16.0. The number of methoxy groups -OCH3 is 1. The molecule has 0 saturated carbocycles. The number of hydrogen-bond acceptors (Lipinski definition) is 4. The molecule has 0 spiro atoms. The number of nitrogens with zero attached hydrogens (tertiary/aromatic N) is 2. The molecular weight excluding hydrogens is 366 g/mol. The first-order valence-electron chi connectivity index (χ1n) is 10.2. The molecule has 2 aliphatic heterocycles. The van der Waals surface area contributed by atoms with Gasteiger partial charge in [-0.2, -0.15) is 0 Å². The number of amides is 1. The highest BCUT2D eigenvalue weighted by molar-refractivity contribution is 5.67. The molecule has 7 heteroatoms. The van der Waals surface area contributed by atoms with Crippen LogP contribution in [0.2, 0.25) is 0 Å². The van der Waals surface area contributed by atoms with Crippen molar-refractivity contribution in [3.05, 3.63) is 29.3 Å². The monoisotopic (exact) mass is 396 g/mol. The van der Waals surface area contributed by atoms with Crippen LogP contribution in [0.3, 0.4) is 0 Å². The first-order chi connectivity index (χ1) is 13.5. The third-order valence-corrected chi connectivity index (χ3v) is 5.95. The quantitative estimate of drug-likeness (QED) is 0.754. The molecule has 0 N–H and O–H groups in total. The fourth-order valence-electron chi connectivity index (χ4n) is 4.30. The van der Waals surface area contributed by atoms with Crippen molar-refractivity contribution in [3.8, 4) is 5.75 Å². The van der Waals surface area contributed by atoms with Crippen LogP contribution in [0.4, 0.5) is 13.6 Å². The van der Waals surface area contributed by atoms with Gasteiger partial charge in [0.25, 0.3) is 0 Å². The minimum Gasteiger partial charge on any atom is -0.497 e. The van der Waals surface area contributed by atoms with Gasteiger partial charge in [0, 0.05) is 25.7 Å². The molecule has 0 aromatic heterocycles. The van der Waals surface area contributed by atoms with Crippen LogP contribution in [0, 0.1) is 17.6 Å². The Morgan fingerprint density at radius 1 is 1.11 bits per heavy atom. The van der Waals surface area contributed by atoms with Gasteiger partial charge in [0.05, 0.1) is 13.7 Å². The molecule has 0 atom stereocenters. The lowest BCUT2D eigenvalue weighted by Gasteiger charge is -2.37. The van der Waals surface area contributed by atoms with Gasteiger partial charge in [-0.3, -0.25) is 0 Å². The summed E-state index contributed by atoms with van der Waals surface area (Å²) < 4.78 is 38.2. The SMILES string of the molecule is CCOC(=O)N1CCC(CN2CCC(c3cc(OC)cc(F)c3F)CC2)CC1. The van der Waals surface area contributed by atoms with Gasteiger partial charge in [0.2, 0.25) is 0 Å². The van der Waals surface area contributed by atoms with E-state index in [-0.39, 0.29) is 12.0 Å². The zero-order valence-corrected chi connectivity index (χ0v) is 16.8. The summed E-state index contributed by atoms with van der Waals surface area (Å²) in [5, 5.41) is 0. The Morgan fingerprint density at radius 2 is 1.79 bits per heavy atom. The largest absolute Gasteiger partial charge is 0.497 e. The highest BCUT2D eigenvalue weighted by Crippen LogP contribution is 2.34. The summed E-state index contributed by atoms with van der Waals surface area (Å²) in [6.45, 7) is 6.47. The molecule has 0 unspecified atom stereocenters. The van der Waals surface area contributed by atoms with Gasteiger partial charge in [0.1, 0.15) is 5.75 Å². The molecule has 3 rings (SSSR count). The van der Waals surface area contributed by atoms with E-state index in [0.717, 1.165) is 64.5 Å². The van der Waals surface area contributed by atoms with Crippen LogP contribution in [0.25, 0.3) is 0 Å². The normalized spacial score (nSPS) is 19.6. The molecule has 2 fully saturated rings. The van der Waals surface area contributed by atoms with Crippen molar-refractivity contribution in [1.29, 1.82) is 0 Å². The van der Waals surface area contributed by atoms with Crippen molar-refractivity contribution in [2.24, 2.45) is 5.92 Å². The van der Waals surface area contributed by atoms with Crippen LogP contribution < -0.4 is 4.74 Å². The third-order valence-electron chi connectivity index (χ3n) is 5.95. The Labute approximate surface area is 165 Å². The number of rotatable bonds is 5. The Morgan fingerprint density at radius 3 is 2.39 bits per heavy atom. The van der Waals surface area contributed by atoms with Crippen LogP contribution in [0.5, 0.6) is 5.75 Å².